The minimum atomic E-state index is -4.67. The molecule has 0 spiro atoms. The average Bonchev–Trinajstić information content (AvgIpc) is 2.84. The first-order chi connectivity index (χ1) is 9.83. The Hall–Kier alpha value is -1.92. The lowest BCUT2D eigenvalue weighted by Crippen LogP contribution is -2.29. The van der Waals surface area contributed by atoms with Crippen molar-refractivity contribution in [2.24, 2.45) is 5.92 Å². The van der Waals surface area contributed by atoms with E-state index in [0.29, 0.717) is 12.5 Å². The van der Waals surface area contributed by atoms with Crippen LogP contribution in [0.15, 0.2) is 24.3 Å². The summed E-state index contributed by atoms with van der Waals surface area (Å²) in [4.78, 5) is 13.0. The largest absolute Gasteiger partial charge is 0.573 e. The summed E-state index contributed by atoms with van der Waals surface area (Å²) in [5.41, 5.74) is 0.856. The molecule has 0 aliphatic carbocycles. The zero-order chi connectivity index (χ0) is 15.5. The van der Waals surface area contributed by atoms with Gasteiger partial charge >= 0.3 is 6.36 Å². The minimum absolute atomic E-state index is 0.0536. The quantitative estimate of drug-likeness (QED) is 0.929. The van der Waals surface area contributed by atoms with Crippen molar-refractivity contribution in [1.29, 1.82) is 0 Å². The number of anilines is 1. The van der Waals surface area contributed by atoms with Crippen molar-refractivity contribution < 1.29 is 22.7 Å². The highest BCUT2D eigenvalue weighted by Gasteiger charge is 2.31. The van der Waals surface area contributed by atoms with Gasteiger partial charge in [0, 0.05) is 32.2 Å². The lowest BCUT2D eigenvalue weighted by Gasteiger charge is -2.19. The molecule has 21 heavy (non-hydrogen) atoms. The molecule has 0 bridgehead atoms. The van der Waals surface area contributed by atoms with Crippen molar-refractivity contribution in [3.63, 3.8) is 0 Å². The average molecular weight is 302 g/mol. The first kappa shape index (κ1) is 15.5. The van der Waals surface area contributed by atoms with Gasteiger partial charge in [0.15, 0.2) is 0 Å². The predicted octanol–water partition coefficient (Wildman–Crippen LogP) is 2.55. The second-order valence-corrected chi connectivity index (χ2v) is 5.08. The summed E-state index contributed by atoms with van der Waals surface area (Å²) >= 11 is 0. The maximum Gasteiger partial charge on any atom is 0.573 e. The van der Waals surface area contributed by atoms with E-state index in [2.05, 4.69) is 15.0 Å². The van der Waals surface area contributed by atoms with Gasteiger partial charge in [-0.3, -0.25) is 4.79 Å². The van der Waals surface area contributed by atoms with Gasteiger partial charge in [0.05, 0.1) is 0 Å². The van der Waals surface area contributed by atoms with Gasteiger partial charge in [-0.2, -0.15) is 0 Å². The van der Waals surface area contributed by atoms with Gasteiger partial charge in [-0.25, -0.2) is 0 Å². The highest BCUT2D eigenvalue weighted by Crippen LogP contribution is 2.28. The lowest BCUT2D eigenvalue weighted by molar-refractivity contribution is -0.274. The number of hydrogen-bond donors (Lipinski definition) is 1. The van der Waals surface area contributed by atoms with Crippen molar-refractivity contribution in [2.75, 3.05) is 24.5 Å². The predicted molar refractivity (Wildman–Crippen MR) is 72.1 cm³/mol. The molecular weight excluding hydrogens is 285 g/mol. The molecule has 7 heteroatoms. The maximum atomic E-state index is 12.1. The molecule has 1 aromatic rings. The van der Waals surface area contributed by atoms with E-state index >= 15 is 0 Å². The zero-order valence-electron chi connectivity index (χ0n) is 11.6. The number of amides is 1. The summed E-state index contributed by atoms with van der Waals surface area (Å²) in [5, 5.41) is 2.78. The Morgan fingerprint density at radius 3 is 2.62 bits per heavy atom. The third-order valence-corrected chi connectivity index (χ3v) is 3.36. The van der Waals surface area contributed by atoms with Gasteiger partial charge in [0.1, 0.15) is 5.75 Å². The standard InChI is InChI=1S/C14H17F3N2O2/c1-10(20)18-8-11-6-7-19(9-11)12-2-4-13(5-3-12)21-14(15,16)17/h2-5,11H,6-9H2,1H3,(H,18,20)/t11-/m1/s1. The van der Waals surface area contributed by atoms with E-state index in [9.17, 15) is 18.0 Å². The van der Waals surface area contributed by atoms with E-state index in [4.69, 9.17) is 0 Å². The summed E-state index contributed by atoms with van der Waals surface area (Å²) < 4.78 is 40.1. The fraction of sp³-hybridized carbons (Fsp3) is 0.500. The van der Waals surface area contributed by atoms with Crippen LogP contribution in [0.25, 0.3) is 0 Å². The van der Waals surface area contributed by atoms with Crippen LogP contribution in [0.5, 0.6) is 5.75 Å². The van der Waals surface area contributed by atoms with Crippen LogP contribution in [0.3, 0.4) is 0 Å². The van der Waals surface area contributed by atoms with E-state index in [-0.39, 0.29) is 11.7 Å². The molecule has 1 fully saturated rings. The summed E-state index contributed by atoms with van der Waals surface area (Å²) in [6, 6.07) is 5.84. The van der Waals surface area contributed by atoms with Crippen molar-refractivity contribution in [3.8, 4) is 5.75 Å². The van der Waals surface area contributed by atoms with Crippen LogP contribution >= 0.6 is 0 Å². The van der Waals surface area contributed by atoms with Gasteiger partial charge in [0.2, 0.25) is 5.91 Å². The van der Waals surface area contributed by atoms with Crippen LogP contribution in [0.4, 0.5) is 18.9 Å². The van der Waals surface area contributed by atoms with Crippen LogP contribution in [0, 0.1) is 5.92 Å². The molecule has 1 amide bonds. The number of carbonyl (C=O) groups excluding carboxylic acids is 1. The van der Waals surface area contributed by atoms with Crippen LogP contribution in [-0.4, -0.2) is 31.9 Å². The zero-order valence-corrected chi connectivity index (χ0v) is 11.6. The molecule has 4 nitrogen and oxygen atoms in total. The van der Waals surface area contributed by atoms with E-state index in [1.807, 2.05) is 0 Å². The molecule has 0 unspecified atom stereocenters. The molecule has 0 aromatic heterocycles. The van der Waals surface area contributed by atoms with Gasteiger partial charge in [0.25, 0.3) is 0 Å². The molecule has 1 atom stereocenters. The van der Waals surface area contributed by atoms with E-state index in [1.54, 1.807) is 12.1 Å². The number of rotatable bonds is 4. The van der Waals surface area contributed by atoms with Crippen molar-refractivity contribution >= 4 is 11.6 Å². The maximum absolute atomic E-state index is 12.1. The Balaban J connectivity index is 1.90. The third kappa shape index (κ3) is 4.84. The molecule has 1 heterocycles. The van der Waals surface area contributed by atoms with E-state index < -0.39 is 6.36 Å². The van der Waals surface area contributed by atoms with Gasteiger partial charge in [-0.05, 0) is 36.6 Å². The number of ether oxygens (including phenoxy) is 1. The number of nitrogens with one attached hydrogen (secondary N) is 1. The molecule has 1 aliphatic heterocycles. The van der Waals surface area contributed by atoms with E-state index in [0.717, 1.165) is 25.2 Å². The van der Waals surface area contributed by atoms with Crippen molar-refractivity contribution in [3.05, 3.63) is 24.3 Å². The fourth-order valence-corrected chi connectivity index (χ4v) is 2.38. The molecular formula is C14H17F3N2O2. The Kier molecular flexibility index (Phi) is 4.59. The van der Waals surface area contributed by atoms with Crippen LogP contribution in [0.1, 0.15) is 13.3 Å². The lowest BCUT2D eigenvalue weighted by atomic mass is 10.1. The smallest absolute Gasteiger partial charge is 0.406 e. The molecule has 1 saturated heterocycles. The highest BCUT2D eigenvalue weighted by atomic mass is 19.4. The summed E-state index contributed by atoms with van der Waals surface area (Å²) in [5.74, 6) is 0.0855. The van der Waals surface area contributed by atoms with Gasteiger partial charge in [-0.1, -0.05) is 0 Å². The topological polar surface area (TPSA) is 41.6 Å². The number of nitrogens with zero attached hydrogens (tertiary/aromatic N) is 1. The number of carbonyl (C=O) groups is 1. The third-order valence-electron chi connectivity index (χ3n) is 3.36. The summed E-state index contributed by atoms with van der Waals surface area (Å²) in [7, 11) is 0. The van der Waals surface area contributed by atoms with Gasteiger partial charge < -0.3 is 15.0 Å². The first-order valence-corrected chi connectivity index (χ1v) is 6.69. The number of hydrogen-bond acceptors (Lipinski definition) is 3. The Bertz CT molecular complexity index is 488. The van der Waals surface area contributed by atoms with Crippen molar-refractivity contribution in [2.45, 2.75) is 19.7 Å². The summed E-state index contributed by atoms with van der Waals surface area (Å²) in [6.45, 7) is 3.71. The first-order valence-electron chi connectivity index (χ1n) is 6.69. The van der Waals surface area contributed by atoms with Crippen LogP contribution < -0.4 is 15.0 Å². The highest BCUT2D eigenvalue weighted by molar-refractivity contribution is 5.72. The summed E-state index contributed by atoms with van der Waals surface area (Å²) in [6.07, 6.45) is -3.72. The second-order valence-electron chi connectivity index (χ2n) is 5.08. The Morgan fingerprint density at radius 2 is 2.05 bits per heavy atom. The fourth-order valence-electron chi connectivity index (χ4n) is 2.38. The Labute approximate surface area is 120 Å². The van der Waals surface area contributed by atoms with Crippen LogP contribution in [0.2, 0.25) is 0 Å². The number of halogens is 3. The molecule has 2 rings (SSSR count). The molecule has 0 saturated carbocycles. The molecule has 0 radical (unpaired) electrons. The molecule has 1 aliphatic rings. The van der Waals surface area contributed by atoms with Crippen molar-refractivity contribution in [1.82, 2.24) is 5.32 Å². The minimum Gasteiger partial charge on any atom is -0.406 e. The van der Waals surface area contributed by atoms with Crippen LogP contribution in [-0.2, 0) is 4.79 Å². The SMILES string of the molecule is CC(=O)NC[C@H]1CCN(c2ccc(OC(F)(F)F)cc2)C1. The second kappa shape index (κ2) is 6.24. The number of alkyl halides is 3. The molecule has 1 aromatic carbocycles. The normalized spacial score (nSPS) is 18.7. The molecule has 1 N–H and O–H groups in total. The molecule has 116 valence electrons. The van der Waals surface area contributed by atoms with E-state index in [1.165, 1.54) is 19.1 Å². The Morgan fingerprint density at radius 1 is 1.38 bits per heavy atom. The van der Waals surface area contributed by atoms with Gasteiger partial charge in [-0.15, -0.1) is 13.2 Å². The monoisotopic (exact) mass is 302 g/mol. The number of benzene rings is 1.